The molecule has 142 valence electrons. The largest absolute Gasteiger partial charge is 0.495 e. The van der Waals surface area contributed by atoms with E-state index in [1.54, 1.807) is 6.92 Å². The van der Waals surface area contributed by atoms with Crippen molar-refractivity contribution in [2.24, 2.45) is 0 Å². The number of carbonyl (C=O) groups is 1. The number of carboxylic acid groups (broad SMARTS) is 1. The Morgan fingerprint density at radius 2 is 1.88 bits per heavy atom. The van der Waals surface area contributed by atoms with E-state index in [9.17, 15) is 21.6 Å². The van der Waals surface area contributed by atoms with Crippen molar-refractivity contribution in [2.75, 3.05) is 30.7 Å². The van der Waals surface area contributed by atoms with Gasteiger partial charge in [-0.15, -0.1) is 0 Å². The van der Waals surface area contributed by atoms with Gasteiger partial charge in [-0.25, -0.2) is 16.8 Å². The molecule has 1 aromatic rings. The van der Waals surface area contributed by atoms with E-state index in [-0.39, 0.29) is 28.6 Å². The SMILES string of the molecule is CCCN(CC(=O)O)S(=O)(=O)c1ccc(NS(=O)(=O)CC)cc1OC. The Morgan fingerprint density at radius 1 is 1.24 bits per heavy atom. The molecule has 2 N–H and O–H groups in total. The lowest BCUT2D eigenvalue weighted by molar-refractivity contribution is -0.137. The molecule has 0 fully saturated rings. The molecule has 0 bridgehead atoms. The molecule has 0 aliphatic rings. The molecule has 11 heteroatoms. The van der Waals surface area contributed by atoms with Crippen LogP contribution in [0, 0.1) is 0 Å². The summed E-state index contributed by atoms with van der Waals surface area (Å²) in [6, 6.07) is 3.71. The van der Waals surface area contributed by atoms with E-state index in [1.165, 1.54) is 32.2 Å². The van der Waals surface area contributed by atoms with Crippen molar-refractivity contribution in [1.29, 1.82) is 0 Å². The number of ether oxygens (including phenoxy) is 1. The average molecular weight is 394 g/mol. The first-order chi connectivity index (χ1) is 11.6. The minimum absolute atomic E-state index is 0.0298. The second-order valence-electron chi connectivity index (χ2n) is 5.10. The molecular formula is C14H22N2O7S2. The number of rotatable bonds is 10. The molecule has 0 saturated carbocycles. The standard InChI is InChI=1S/C14H22N2O7S2/c1-4-8-16(10-14(17)18)25(21,22)13-7-6-11(9-12(13)23-3)15-24(19,20)5-2/h6-7,9,15H,4-5,8,10H2,1-3H3,(H,17,18). The third-order valence-electron chi connectivity index (χ3n) is 3.22. The quantitative estimate of drug-likeness (QED) is 0.604. The summed E-state index contributed by atoms with van der Waals surface area (Å²) in [6.07, 6.45) is 0.434. The van der Waals surface area contributed by atoms with Gasteiger partial charge >= 0.3 is 5.97 Å². The zero-order valence-electron chi connectivity index (χ0n) is 14.2. The third kappa shape index (κ3) is 5.58. The summed E-state index contributed by atoms with van der Waals surface area (Å²) in [6.45, 7) is 2.54. The fraction of sp³-hybridized carbons (Fsp3) is 0.500. The van der Waals surface area contributed by atoms with Gasteiger partial charge in [0, 0.05) is 12.6 Å². The molecule has 0 spiro atoms. The van der Waals surface area contributed by atoms with E-state index in [0.29, 0.717) is 6.42 Å². The van der Waals surface area contributed by atoms with Crippen molar-refractivity contribution in [3.05, 3.63) is 18.2 Å². The maximum absolute atomic E-state index is 12.7. The number of anilines is 1. The number of hydrogen-bond acceptors (Lipinski definition) is 6. The van der Waals surface area contributed by atoms with Crippen LogP contribution in [-0.4, -0.2) is 58.2 Å². The summed E-state index contributed by atoms with van der Waals surface area (Å²) >= 11 is 0. The highest BCUT2D eigenvalue weighted by atomic mass is 32.2. The van der Waals surface area contributed by atoms with Crippen molar-refractivity contribution in [2.45, 2.75) is 25.2 Å². The van der Waals surface area contributed by atoms with E-state index in [4.69, 9.17) is 9.84 Å². The Bertz CT molecular complexity index is 820. The van der Waals surface area contributed by atoms with Crippen LogP contribution in [0.25, 0.3) is 0 Å². The fourth-order valence-corrected chi connectivity index (χ4v) is 4.27. The van der Waals surface area contributed by atoms with Gasteiger partial charge in [0.1, 0.15) is 17.2 Å². The van der Waals surface area contributed by atoms with Crippen LogP contribution in [0.4, 0.5) is 5.69 Å². The Morgan fingerprint density at radius 3 is 2.36 bits per heavy atom. The van der Waals surface area contributed by atoms with Crippen LogP contribution in [0.1, 0.15) is 20.3 Å². The summed E-state index contributed by atoms with van der Waals surface area (Å²) in [5.74, 6) is -1.50. The molecule has 0 aliphatic heterocycles. The first-order valence-corrected chi connectivity index (χ1v) is 10.6. The molecule has 1 rings (SSSR count). The van der Waals surface area contributed by atoms with Gasteiger partial charge < -0.3 is 9.84 Å². The second-order valence-corrected chi connectivity index (χ2v) is 9.02. The van der Waals surface area contributed by atoms with Gasteiger partial charge in [-0.3, -0.25) is 9.52 Å². The lowest BCUT2D eigenvalue weighted by Gasteiger charge is -2.21. The number of sulfonamides is 2. The fourth-order valence-electron chi connectivity index (χ4n) is 2.02. The first-order valence-electron chi connectivity index (χ1n) is 7.47. The van der Waals surface area contributed by atoms with Crippen LogP contribution in [-0.2, 0) is 24.8 Å². The highest BCUT2D eigenvalue weighted by molar-refractivity contribution is 7.92. The number of benzene rings is 1. The number of nitrogens with zero attached hydrogens (tertiary/aromatic N) is 1. The number of hydrogen-bond donors (Lipinski definition) is 2. The van der Waals surface area contributed by atoms with Crippen LogP contribution < -0.4 is 9.46 Å². The zero-order valence-corrected chi connectivity index (χ0v) is 15.9. The van der Waals surface area contributed by atoms with Gasteiger partial charge in [0.25, 0.3) is 0 Å². The number of methoxy groups -OCH3 is 1. The lowest BCUT2D eigenvalue weighted by Crippen LogP contribution is -2.36. The van der Waals surface area contributed by atoms with E-state index in [0.717, 1.165) is 4.31 Å². The maximum atomic E-state index is 12.7. The zero-order chi connectivity index (χ0) is 19.3. The molecule has 0 amide bonds. The third-order valence-corrected chi connectivity index (χ3v) is 6.41. The van der Waals surface area contributed by atoms with Crippen LogP contribution in [0.3, 0.4) is 0 Å². The Balaban J connectivity index is 3.33. The molecule has 0 saturated heterocycles. The molecule has 0 heterocycles. The molecule has 0 unspecified atom stereocenters. The number of aliphatic carboxylic acids is 1. The minimum Gasteiger partial charge on any atom is -0.495 e. The molecule has 25 heavy (non-hydrogen) atoms. The predicted molar refractivity (Wildman–Crippen MR) is 92.8 cm³/mol. The van der Waals surface area contributed by atoms with Crippen molar-refractivity contribution in [3.63, 3.8) is 0 Å². The maximum Gasteiger partial charge on any atom is 0.318 e. The van der Waals surface area contributed by atoms with E-state index in [2.05, 4.69) is 4.72 Å². The summed E-state index contributed by atoms with van der Waals surface area (Å²) in [5, 5.41) is 8.93. The lowest BCUT2D eigenvalue weighted by atomic mass is 10.3. The minimum atomic E-state index is -4.12. The summed E-state index contributed by atoms with van der Waals surface area (Å²) in [7, 11) is -6.40. The van der Waals surface area contributed by atoms with Crippen molar-refractivity contribution in [1.82, 2.24) is 4.31 Å². The molecule has 0 radical (unpaired) electrons. The first kappa shape index (κ1) is 21.2. The van der Waals surface area contributed by atoms with Gasteiger partial charge in [-0.2, -0.15) is 4.31 Å². The molecule has 0 atom stereocenters. The molecule has 0 aromatic heterocycles. The van der Waals surface area contributed by atoms with Crippen molar-refractivity contribution >= 4 is 31.7 Å². The average Bonchev–Trinajstić information content (AvgIpc) is 2.53. The monoisotopic (exact) mass is 394 g/mol. The summed E-state index contributed by atoms with van der Waals surface area (Å²) in [5.41, 5.74) is 0.151. The molecule has 0 aliphatic carbocycles. The van der Waals surface area contributed by atoms with Crippen LogP contribution in [0.2, 0.25) is 0 Å². The summed E-state index contributed by atoms with van der Waals surface area (Å²) in [4.78, 5) is 10.7. The van der Waals surface area contributed by atoms with Crippen LogP contribution in [0.15, 0.2) is 23.1 Å². The topological polar surface area (TPSA) is 130 Å². The van der Waals surface area contributed by atoms with Gasteiger partial charge in [0.2, 0.25) is 20.0 Å². The predicted octanol–water partition coefficient (Wildman–Crippen LogP) is 0.942. The molecule has 9 nitrogen and oxygen atoms in total. The normalized spacial score (nSPS) is 12.2. The highest BCUT2D eigenvalue weighted by Crippen LogP contribution is 2.30. The Kier molecular flexibility index (Phi) is 7.20. The second kappa shape index (κ2) is 8.50. The van der Waals surface area contributed by atoms with Gasteiger partial charge in [0.05, 0.1) is 18.6 Å². The smallest absolute Gasteiger partial charge is 0.318 e. The summed E-state index contributed by atoms with van der Waals surface area (Å²) < 4.78 is 56.9. The van der Waals surface area contributed by atoms with Gasteiger partial charge in [-0.1, -0.05) is 6.92 Å². The number of nitrogens with one attached hydrogen (secondary N) is 1. The van der Waals surface area contributed by atoms with Gasteiger partial charge in [0.15, 0.2) is 0 Å². The van der Waals surface area contributed by atoms with Crippen LogP contribution >= 0.6 is 0 Å². The van der Waals surface area contributed by atoms with E-state index < -0.39 is 32.6 Å². The van der Waals surface area contributed by atoms with E-state index in [1.807, 2.05) is 0 Å². The highest BCUT2D eigenvalue weighted by Gasteiger charge is 2.29. The molecule has 1 aromatic carbocycles. The molecular weight excluding hydrogens is 372 g/mol. The van der Waals surface area contributed by atoms with Crippen molar-refractivity contribution < 1.29 is 31.5 Å². The van der Waals surface area contributed by atoms with E-state index >= 15 is 0 Å². The Labute approximate surface area is 147 Å². The van der Waals surface area contributed by atoms with Crippen LogP contribution in [0.5, 0.6) is 5.75 Å². The number of carboxylic acids is 1. The van der Waals surface area contributed by atoms with Gasteiger partial charge in [-0.05, 0) is 25.5 Å². The Hall–Kier alpha value is -1.85. The van der Waals surface area contributed by atoms with Crippen molar-refractivity contribution in [3.8, 4) is 5.75 Å².